The second kappa shape index (κ2) is 8.18. The smallest absolute Gasteiger partial charge is 0.411 e. The molecule has 1 aromatic rings. The number of cyclic esters (lactones) is 1. The van der Waals surface area contributed by atoms with E-state index in [0.29, 0.717) is 26.3 Å². The fourth-order valence-electron chi connectivity index (χ4n) is 3.01. The molecule has 8 heteroatoms. The molecule has 8 nitrogen and oxygen atoms in total. The molecule has 0 spiro atoms. The van der Waals surface area contributed by atoms with Crippen LogP contribution in [-0.4, -0.2) is 72.8 Å². The summed E-state index contributed by atoms with van der Waals surface area (Å²) in [6, 6.07) is 8.31. The molecule has 0 unspecified atom stereocenters. The van der Waals surface area contributed by atoms with Gasteiger partial charge in [0.1, 0.15) is 19.3 Å². The first-order valence-electron chi connectivity index (χ1n) is 8.59. The van der Waals surface area contributed by atoms with E-state index in [1.807, 2.05) is 30.3 Å². The number of ether oxygens (including phenoxy) is 3. The highest BCUT2D eigenvalue weighted by molar-refractivity contribution is 5.89. The zero-order chi connectivity index (χ0) is 18.5. The van der Waals surface area contributed by atoms with E-state index in [1.165, 1.54) is 0 Å². The monoisotopic (exact) mass is 362 g/mol. The Morgan fingerprint density at radius 3 is 2.58 bits per heavy atom. The Balaban J connectivity index is 1.62. The minimum atomic E-state index is -0.934. The number of hydrogen-bond acceptors (Lipinski definition) is 6. The largest absolute Gasteiger partial charge is 0.459 e. The lowest BCUT2D eigenvalue weighted by Crippen LogP contribution is -2.50. The van der Waals surface area contributed by atoms with E-state index in [2.05, 4.69) is 0 Å². The summed E-state index contributed by atoms with van der Waals surface area (Å²) in [5.41, 5.74) is 0.842. The van der Waals surface area contributed by atoms with E-state index < -0.39 is 24.2 Å². The van der Waals surface area contributed by atoms with Crippen molar-refractivity contribution in [3.8, 4) is 0 Å². The maximum absolute atomic E-state index is 12.5. The van der Waals surface area contributed by atoms with Gasteiger partial charge in [0, 0.05) is 13.1 Å². The van der Waals surface area contributed by atoms with Crippen molar-refractivity contribution in [2.24, 2.45) is 0 Å². The number of benzene rings is 1. The van der Waals surface area contributed by atoms with Gasteiger partial charge < -0.3 is 19.1 Å². The molecular formula is C18H22N2O6. The van der Waals surface area contributed by atoms with Gasteiger partial charge in [-0.1, -0.05) is 30.3 Å². The average Bonchev–Trinajstić information content (AvgIpc) is 2.94. The van der Waals surface area contributed by atoms with Crippen molar-refractivity contribution in [2.45, 2.75) is 25.7 Å². The molecule has 1 aromatic carbocycles. The number of nitrogens with zero attached hydrogens (tertiary/aromatic N) is 2. The predicted octanol–water partition coefficient (Wildman–Crippen LogP) is 0.798. The number of hydrogen-bond donors (Lipinski definition) is 0. The molecule has 2 fully saturated rings. The lowest BCUT2D eigenvalue weighted by molar-refractivity contribution is -0.151. The lowest BCUT2D eigenvalue weighted by Gasteiger charge is -2.29. The zero-order valence-electron chi connectivity index (χ0n) is 14.6. The number of esters is 1. The highest BCUT2D eigenvalue weighted by atomic mass is 16.6. The molecule has 3 rings (SSSR count). The summed E-state index contributed by atoms with van der Waals surface area (Å²) in [7, 11) is 0. The molecule has 0 saturated carbocycles. The fraction of sp³-hybridized carbons (Fsp3) is 0.500. The van der Waals surface area contributed by atoms with Gasteiger partial charge in [0.2, 0.25) is 5.91 Å². The first-order valence-corrected chi connectivity index (χ1v) is 8.59. The third-order valence-electron chi connectivity index (χ3n) is 4.44. The van der Waals surface area contributed by atoms with Gasteiger partial charge in [-0.25, -0.2) is 9.59 Å². The van der Waals surface area contributed by atoms with Crippen molar-refractivity contribution >= 4 is 18.0 Å². The van der Waals surface area contributed by atoms with Crippen LogP contribution in [0.25, 0.3) is 0 Å². The first kappa shape index (κ1) is 18.2. The number of rotatable bonds is 5. The SMILES string of the molecule is C[C@@H]1OC(=O)N(CC(=O)N2CCOCC2)[C@@H]1C(=O)OCc1ccccc1. The van der Waals surface area contributed by atoms with Crippen LogP contribution >= 0.6 is 0 Å². The summed E-state index contributed by atoms with van der Waals surface area (Å²) >= 11 is 0. The van der Waals surface area contributed by atoms with Crippen molar-refractivity contribution in [1.82, 2.24) is 9.80 Å². The Morgan fingerprint density at radius 1 is 1.19 bits per heavy atom. The maximum Gasteiger partial charge on any atom is 0.411 e. The highest BCUT2D eigenvalue weighted by Gasteiger charge is 2.46. The Labute approximate surface area is 151 Å². The Bertz CT molecular complexity index is 659. The van der Waals surface area contributed by atoms with E-state index in [9.17, 15) is 14.4 Å². The van der Waals surface area contributed by atoms with E-state index in [-0.39, 0.29) is 19.1 Å². The summed E-state index contributed by atoms with van der Waals surface area (Å²) in [5, 5.41) is 0. The molecule has 0 aromatic heterocycles. The van der Waals surface area contributed by atoms with Gasteiger partial charge >= 0.3 is 12.1 Å². The number of carbonyl (C=O) groups is 3. The molecule has 26 heavy (non-hydrogen) atoms. The summed E-state index contributed by atoms with van der Waals surface area (Å²) < 4.78 is 15.7. The molecule has 2 aliphatic rings. The Hall–Kier alpha value is -2.61. The van der Waals surface area contributed by atoms with Crippen LogP contribution in [0.15, 0.2) is 30.3 Å². The van der Waals surface area contributed by atoms with Gasteiger partial charge in [0.15, 0.2) is 6.04 Å². The summed E-state index contributed by atoms with van der Waals surface area (Å²) in [4.78, 5) is 39.8. The molecule has 0 aliphatic carbocycles. The van der Waals surface area contributed by atoms with Crippen molar-refractivity contribution in [2.75, 3.05) is 32.8 Å². The summed E-state index contributed by atoms with van der Waals surface area (Å²) in [5.74, 6) is -0.817. The molecule has 0 radical (unpaired) electrons. The van der Waals surface area contributed by atoms with Crippen molar-refractivity contribution < 1.29 is 28.6 Å². The van der Waals surface area contributed by atoms with Crippen LogP contribution in [0.2, 0.25) is 0 Å². The number of carbonyl (C=O) groups excluding carboxylic acids is 3. The van der Waals surface area contributed by atoms with Gasteiger partial charge in [-0.15, -0.1) is 0 Å². The number of morpholine rings is 1. The second-order valence-electron chi connectivity index (χ2n) is 6.25. The highest BCUT2D eigenvalue weighted by Crippen LogP contribution is 2.21. The van der Waals surface area contributed by atoms with Crippen molar-refractivity contribution in [3.05, 3.63) is 35.9 Å². The minimum Gasteiger partial charge on any atom is -0.459 e. The van der Waals surface area contributed by atoms with Crippen LogP contribution in [0.3, 0.4) is 0 Å². The van der Waals surface area contributed by atoms with Crippen LogP contribution in [0, 0.1) is 0 Å². The van der Waals surface area contributed by atoms with Crippen LogP contribution in [0.1, 0.15) is 12.5 Å². The summed E-state index contributed by atoms with van der Waals surface area (Å²) in [6.45, 7) is 3.38. The lowest BCUT2D eigenvalue weighted by atomic mass is 10.1. The zero-order valence-corrected chi connectivity index (χ0v) is 14.6. The van der Waals surface area contributed by atoms with E-state index in [0.717, 1.165) is 10.5 Å². The number of amides is 2. The standard InChI is InChI=1S/C18H22N2O6/c1-13-16(17(22)25-12-14-5-3-2-4-6-14)20(18(23)26-13)11-15(21)19-7-9-24-10-8-19/h2-6,13,16H,7-12H2,1H3/t13-,16-/m0/s1. The third kappa shape index (κ3) is 4.13. The molecule has 0 N–H and O–H groups in total. The van der Waals surface area contributed by atoms with Crippen LogP contribution in [0.4, 0.5) is 4.79 Å². The van der Waals surface area contributed by atoms with Crippen molar-refractivity contribution in [3.63, 3.8) is 0 Å². The van der Waals surface area contributed by atoms with Crippen LogP contribution in [-0.2, 0) is 30.4 Å². The molecule has 140 valence electrons. The topological polar surface area (TPSA) is 85.4 Å². The van der Waals surface area contributed by atoms with Gasteiger partial charge in [-0.2, -0.15) is 0 Å². The molecule has 2 aliphatic heterocycles. The quantitative estimate of drug-likeness (QED) is 0.720. The normalized spacial score (nSPS) is 22.9. The molecule has 2 heterocycles. The van der Waals surface area contributed by atoms with Crippen molar-refractivity contribution in [1.29, 1.82) is 0 Å². The first-order chi connectivity index (χ1) is 12.6. The van der Waals surface area contributed by atoms with Crippen LogP contribution in [0.5, 0.6) is 0 Å². The van der Waals surface area contributed by atoms with Gasteiger partial charge in [-0.3, -0.25) is 9.69 Å². The van der Waals surface area contributed by atoms with Gasteiger partial charge in [0.25, 0.3) is 0 Å². The third-order valence-corrected chi connectivity index (χ3v) is 4.44. The van der Waals surface area contributed by atoms with E-state index in [4.69, 9.17) is 14.2 Å². The average molecular weight is 362 g/mol. The predicted molar refractivity (Wildman–Crippen MR) is 90.1 cm³/mol. The van der Waals surface area contributed by atoms with Gasteiger partial charge in [-0.05, 0) is 12.5 Å². The molecule has 2 saturated heterocycles. The van der Waals surface area contributed by atoms with Gasteiger partial charge in [0.05, 0.1) is 13.2 Å². The molecule has 2 atom stereocenters. The van der Waals surface area contributed by atoms with Crippen LogP contribution < -0.4 is 0 Å². The minimum absolute atomic E-state index is 0.0995. The summed E-state index contributed by atoms with van der Waals surface area (Å²) in [6.07, 6.45) is -1.36. The molecule has 0 bridgehead atoms. The second-order valence-corrected chi connectivity index (χ2v) is 6.25. The maximum atomic E-state index is 12.5. The fourth-order valence-corrected chi connectivity index (χ4v) is 3.01. The molecular weight excluding hydrogens is 340 g/mol. The molecule has 2 amide bonds. The van der Waals surface area contributed by atoms with E-state index >= 15 is 0 Å². The van der Waals surface area contributed by atoms with E-state index in [1.54, 1.807) is 11.8 Å². The Kier molecular flexibility index (Phi) is 5.72. The Morgan fingerprint density at radius 2 is 1.88 bits per heavy atom.